The molecule has 0 saturated carbocycles. The molecule has 0 bridgehead atoms. The topological polar surface area (TPSA) is 81.8 Å². The van der Waals surface area contributed by atoms with Crippen molar-refractivity contribution >= 4 is 10.1 Å². The van der Waals surface area contributed by atoms with Crippen molar-refractivity contribution in [2.45, 2.75) is 11.8 Å². The molecule has 0 spiro atoms. The van der Waals surface area contributed by atoms with Crippen molar-refractivity contribution in [3.63, 3.8) is 0 Å². The van der Waals surface area contributed by atoms with Gasteiger partial charge >= 0.3 is 10.1 Å². The first kappa shape index (κ1) is 13.2. The Morgan fingerprint density at radius 2 is 2.06 bits per heavy atom. The zero-order valence-corrected chi connectivity index (χ0v) is 10.1. The number of benzene rings is 1. The van der Waals surface area contributed by atoms with Crippen LogP contribution in [0.15, 0.2) is 47.1 Å². The summed E-state index contributed by atoms with van der Waals surface area (Å²) in [5.41, 5.74) is 0.915. The van der Waals surface area contributed by atoms with E-state index in [1.165, 1.54) is 18.2 Å². The van der Waals surface area contributed by atoms with Gasteiger partial charge in [-0.1, -0.05) is 29.1 Å². The van der Waals surface area contributed by atoms with Crippen LogP contribution in [0, 0.1) is 12.1 Å². The lowest BCUT2D eigenvalue weighted by atomic mass is 10.2. The van der Waals surface area contributed by atoms with Crippen LogP contribution in [-0.4, -0.2) is 19.8 Å². The average Bonchev–Trinajstić information content (AvgIpc) is 2.28. The van der Waals surface area contributed by atoms with E-state index in [-0.39, 0.29) is 16.3 Å². The lowest BCUT2D eigenvalue weighted by Crippen LogP contribution is -2.07. The summed E-state index contributed by atoms with van der Waals surface area (Å²) in [4.78, 5) is 0.0255. The van der Waals surface area contributed by atoms with Gasteiger partial charge < -0.3 is 5.21 Å². The molecule has 0 amide bonds. The fraction of sp³-hybridized carbons (Fsp3) is 0.200. The summed E-state index contributed by atoms with van der Waals surface area (Å²) in [6.07, 6.45) is 1.28. The van der Waals surface area contributed by atoms with Crippen LogP contribution in [0.2, 0.25) is 0 Å². The van der Waals surface area contributed by atoms with Gasteiger partial charge in [0.2, 0.25) is 11.8 Å². The van der Waals surface area contributed by atoms with Crippen molar-refractivity contribution in [1.82, 2.24) is 0 Å². The molecule has 0 aromatic heterocycles. The van der Waals surface area contributed by atoms with Crippen molar-refractivity contribution < 1.29 is 17.6 Å². The molecule has 0 aliphatic rings. The number of hydrogen-bond acceptors (Lipinski definition) is 5. The van der Waals surface area contributed by atoms with Crippen LogP contribution in [0.3, 0.4) is 0 Å². The van der Waals surface area contributed by atoms with Crippen LogP contribution < -0.4 is 0 Å². The normalized spacial score (nSPS) is 12.2. The highest BCUT2D eigenvalue weighted by molar-refractivity contribution is 7.86. The minimum absolute atomic E-state index is 0.0566. The molecule has 0 N–H and O–H groups in total. The van der Waals surface area contributed by atoms with Crippen LogP contribution >= 0.6 is 0 Å². The van der Waals surface area contributed by atoms with Gasteiger partial charge in [-0.05, 0) is 25.1 Å². The summed E-state index contributed by atoms with van der Waals surface area (Å²) in [6.45, 7) is 4.98. The Kier molecular flexibility index (Phi) is 4.22. The molecule has 0 saturated heterocycles. The van der Waals surface area contributed by atoms with Crippen molar-refractivity contribution in [3.8, 4) is 0 Å². The Hall–Kier alpha value is -1.89. The van der Waals surface area contributed by atoms with Crippen LogP contribution in [-0.2, 0) is 14.4 Å². The molecule has 92 valence electrons. The van der Waals surface area contributed by atoms with Gasteiger partial charge in [-0.2, -0.15) is 8.42 Å². The van der Waals surface area contributed by atoms with Gasteiger partial charge in [0, 0.05) is 0 Å². The maximum Gasteiger partial charge on any atom is 0.363 e. The first-order chi connectivity index (χ1) is 7.95. The third kappa shape index (κ3) is 3.87. The lowest BCUT2D eigenvalue weighted by Gasteiger charge is -2.00. The van der Waals surface area contributed by atoms with Crippen molar-refractivity contribution in [3.05, 3.63) is 47.7 Å². The highest BCUT2D eigenvalue weighted by Crippen LogP contribution is 2.13. The number of nitrogens with zero attached hydrogens (tertiary/aromatic N) is 2. The van der Waals surface area contributed by atoms with E-state index in [1.807, 2.05) is 6.92 Å². The number of hydrogen-bond donors (Lipinski definition) is 0. The molecule has 0 heterocycles. The third-order valence-corrected chi connectivity index (χ3v) is 2.93. The van der Waals surface area contributed by atoms with Gasteiger partial charge in [0.1, 0.15) is 4.90 Å². The SMILES string of the molecule is C=CC/[N+]([O-])=N/OS(=O)(=O)c1ccc(C)cc1. The van der Waals surface area contributed by atoms with Crippen molar-refractivity contribution in [2.75, 3.05) is 6.54 Å². The molecule has 0 fully saturated rings. The first-order valence-electron chi connectivity index (χ1n) is 4.72. The summed E-state index contributed by atoms with van der Waals surface area (Å²) in [6, 6.07) is 6.00. The molecule has 1 aromatic rings. The molecule has 0 aliphatic carbocycles. The fourth-order valence-corrected chi connectivity index (χ4v) is 1.69. The Morgan fingerprint density at radius 1 is 1.47 bits per heavy atom. The Balaban J connectivity index is 2.86. The predicted octanol–water partition coefficient (Wildman–Crippen LogP) is 1.76. The molecule has 1 aromatic carbocycles. The van der Waals surface area contributed by atoms with E-state index in [0.717, 1.165) is 5.56 Å². The number of aryl methyl sites for hydroxylation is 1. The molecule has 0 aliphatic heterocycles. The van der Waals surface area contributed by atoms with E-state index >= 15 is 0 Å². The lowest BCUT2D eigenvalue weighted by molar-refractivity contribution is -0.542. The summed E-state index contributed by atoms with van der Waals surface area (Å²) >= 11 is 0. The second-order valence-corrected chi connectivity index (χ2v) is 4.78. The monoisotopic (exact) mass is 256 g/mol. The number of hydroxylamine groups is 1. The second-order valence-electron chi connectivity index (χ2n) is 3.25. The van der Waals surface area contributed by atoms with E-state index in [1.54, 1.807) is 12.1 Å². The van der Waals surface area contributed by atoms with Crippen LogP contribution in [0.1, 0.15) is 5.56 Å². The summed E-state index contributed by atoms with van der Waals surface area (Å²) in [7, 11) is -4.03. The zero-order chi connectivity index (χ0) is 12.9. The van der Waals surface area contributed by atoms with Crippen molar-refractivity contribution in [1.29, 1.82) is 0 Å². The molecule has 6 nitrogen and oxygen atoms in total. The van der Waals surface area contributed by atoms with E-state index < -0.39 is 10.1 Å². The van der Waals surface area contributed by atoms with Gasteiger partial charge in [0.05, 0.1) is 0 Å². The molecule has 17 heavy (non-hydrogen) atoms. The molecule has 0 atom stereocenters. The maximum atomic E-state index is 11.5. The zero-order valence-electron chi connectivity index (χ0n) is 9.24. The van der Waals surface area contributed by atoms with E-state index in [2.05, 4.69) is 16.1 Å². The van der Waals surface area contributed by atoms with Gasteiger partial charge in [0.15, 0.2) is 0 Å². The molecule has 7 heteroatoms. The van der Waals surface area contributed by atoms with Crippen LogP contribution in [0.25, 0.3) is 0 Å². The molecule has 0 radical (unpaired) electrons. The van der Waals surface area contributed by atoms with Gasteiger partial charge in [-0.3, -0.25) is 0 Å². The first-order valence-corrected chi connectivity index (χ1v) is 6.13. The maximum absolute atomic E-state index is 11.5. The Bertz CT molecular complexity index is 520. The predicted molar refractivity (Wildman–Crippen MR) is 60.6 cm³/mol. The van der Waals surface area contributed by atoms with Crippen LogP contribution in [0.4, 0.5) is 0 Å². The molecule has 0 unspecified atom stereocenters. The van der Waals surface area contributed by atoms with Gasteiger partial charge in [-0.25, -0.2) is 4.28 Å². The average molecular weight is 256 g/mol. The smallest absolute Gasteiger partial charge is 0.363 e. The summed E-state index contributed by atoms with van der Waals surface area (Å²) in [5, 5.41) is 13.8. The minimum Gasteiger partial charge on any atom is -0.597 e. The van der Waals surface area contributed by atoms with E-state index in [4.69, 9.17) is 0 Å². The Morgan fingerprint density at radius 3 is 2.59 bits per heavy atom. The van der Waals surface area contributed by atoms with Gasteiger partial charge in [0.25, 0.3) is 0 Å². The number of rotatable bonds is 5. The van der Waals surface area contributed by atoms with Crippen molar-refractivity contribution in [2.24, 2.45) is 5.28 Å². The Labute approximate surface area is 99.5 Å². The standard InChI is InChI=1S/C10H12N2O4S/c1-3-8-12(13)11-16-17(14,15)10-6-4-9(2)5-7-10/h3-7H,1,8H2,2H3/b12-11-. The quantitative estimate of drug-likeness (QED) is 0.348. The van der Waals surface area contributed by atoms with Gasteiger partial charge in [-0.15, -0.1) is 0 Å². The van der Waals surface area contributed by atoms with E-state index in [0.29, 0.717) is 0 Å². The molecular formula is C10H12N2O4S. The third-order valence-electron chi connectivity index (χ3n) is 1.82. The molecular weight excluding hydrogens is 244 g/mol. The van der Waals surface area contributed by atoms with E-state index in [9.17, 15) is 13.6 Å². The highest BCUT2D eigenvalue weighted by Gasteiger charge is 2.16. The summed E-state index contributed by atoms with van der Waals surface area (Å²) in [5.74, 6) is 0. The fourth-order valence-electron chi connectivity index (χ4n) is 0.973. The largest absolute Gasteiger partial charge is 0.597 e. The summed E-state index contributed by atoms with van der Waals surface area (Å²) < 4.78 is 27.3. The minimum atomic E-state index is -4.03. The second kappa shape index (κ2) is 5.44. The highest BCUT2D eigenvalue weighted by atomic mass is 32.2. The molecule has 1 rings (SSSR count). The van der Waals surface area contributed by atoms with Crippen LogP contribution in [0.5, 0.6) is 0 Å².